The molecule has 1 aliphatic rings. The van der Waals surface area contributed by atoms with Crippen molar-refractivity contribution in [3.63, 3.8) is 0 Å². The highest BCUT2D eigenvalue weighted by molar-refractivity contribution is 6.09. The molecule has 24 heavy (non-hydrogen) atoms. The van der Waals surface area contributed by atoms with Crippen LogP contribution in [0.4, 0.5) is 5.69 Å². The minimum atomic E-state index is -0.151. The molecular weight excluding hydrogens is 298 g/mol. The molecule has 2 aromatic carbocycles. The summed E-state index contributed by atoms with van der Waals surface area (Å²) < 4.78 is 5.56. The normalized spacial score (nSPS) is 12.9. The fourth-order valence-electron chi connectivity index (χ4n) is 2.58. The van der Waals surface area contributed by atoms with Crippen LogP contribution in [0.2, 0.25) is 0 Å². The van der Waals surface area contributed by atoms with E-state index in [0.29, 0.717) is 11.5 Å². The maximum atomic E-state index is 12.5. The first-order valence-electron chi connectivity index (χ1n) is 8.10. The van der Waals surface area contributed by atoms with Crippen molar-refractivity contribution in [1.82, 2.24) is 0 Å². The van der Waals surface area contributed by atoms with Crippen molar-refractivity contribution in [1.29, 1.82) is 0 Å². The van der Waals surface area contributed by atoms with Gasteiger partial charge in [0.15, 0.2) is 0 Å². The first-order chi connectivity index (χ1) is 11.5. The molecule has 0 spiro atoms. The highest BCUT2D eigenvalue weighted by atomic mass is 16.5. The largest absolute Gasteiger partial charge is 0.464 e. The van der Waals surface area contributed by atoms with E-state index in [1.807, 2.05) is 55.5 Å². The molecule has 0 saturated heterocycles. The van der Waals surface area contributed by atoms with Crippen molar-refractivity contribution in [2.75, 3.05) is 5.32 Å². The topological polar surface area (TPSA) is 38.3 Å². The van der Waals surface area contributed by atoms with Crippen LogP contribution in [0.5, 0.6) is 5.75 Å². The minimum Gasteiger partial charge on any atom is -0.464 e. The van der Waals surface area contributed by atoms with E-state index in [9.17, 15) is 4.79 Å². The van der Waals surface area contributed by atoms with Crippen LogP contribution in [0.1, 0.15) is 36.5 Å². The van der Waals surface area contributed by atoms with Crippen molar-refractivity contribution < 1.29 is 9.53 Å². The molecule has 0 atom stereocenters. The van der Waals surface area contributed by atoms with E-state index >= 15 is 0 Å². The molecule has 1 amide bonds. The number of aryl methyl sites for hydroxylation is 1. The van der Waals surface area contributed by atoms with Crippen molar-refractivity contribution in [2.45, 2.75) is 26.7 Å². The van der Waals surface area contributed by atoms with Gasteiger partial charge in [0, 0.05) is 16.8 Å². The second-order valence-corrected chi connectivity index (χ2v) is 6.29. The van der Waals surface area contributed by atoms with Crippen molar-refractivity contribution in [3.05, 3.63) is 77.1 Å². The van der Waals surface area contributed by atoms with Crippen molar-refractivity contribution in [2.24, 2.45) is 0 Å². The third kappa shape index (κ3) is 3.57. The SMILES string of the molecule is Cc1ccc2c(c1)C=C(C(=O)Nc1ccc(C(C)C)cc1)C=CO2. The summed E-state index contributed by atoms with van der Waals surface area (Å²) in [4.78, 5) is 12.5. The Morgan fingerprint density at radius 2 is 1.83 bits per heavy atom. The molecule has 0 aliphatic carbocycles. The quantitative estimate of drug-likeness (QED) is 0.860. The number of ether oxygens (including phenoxy) is 1. The molecule has 3 nitrogen and oxygen atoms in total. The van der Waals surface area contributed by atoms with Crippen LogP contribution in [0.3, 0.4) is 0 Å². The van der Waals surface area contributed by atoms with Gasteiger partial charge >= 0.3 is 0 Å². The third-order valence-corrected chi connectivity index (χ3v) is 4.02. The lowest BCUT2D eigenvalue weighted by molar-refractivity contribution is -0.112. The summed E-state index contributed by atoms with van der Waals surface area (Å²) >= 11 is 0. The first kappa shape index (κ1) is 16.1. The van der Waals surface area contributed by atoms with Gasteiger partial charge in [0.1, 0.15) is 5.75 Å². The summed E-state index contributed by atoms with van der Waals surface area (Å²) in [5.74, 6) is 1.07. The van der Waals surface area contributed by atoms with Crippen LogP contribution in [0.25, 0.3) is 6.08 Å². The highest BCUT2D eigenvalue weighted by Gasteiger charge is 2.12. The number of nitrogens with one attached hydrogen (secondary N) is 1. The molecule has 0 unspecified atom stereocenters. The second kappa shape index (κ2) is 6.75. The Hall–Kier alpha value is -2.81. The van der Waals surface area contributed by atoms with Gasteiger partial charge in [-0.1, -0.05) is 37.6 Å². The Labute approximate surface area is 142 Å². The van der Waals surface area contributed by atoms with Crippen LogP contribution in [0, 0.1) is 6.92 Å². The van der Waals surface area contributed by atoms with Crippen molar-refractivity contribution >= 4 is 17.7 Å². The summed E-state index contributed by atoms with van der Waals surface area (Å²) in [6, 6.07) is 13.9. The molecular formula is C21H21NO2. The molecule has 0 aromatic heterocycles. The van der Waals surface area contributed by atoms with E-state index in [1.54, 1.807) is 12.3 Å². The van der Waals surface area contributed by atoms with E-state index in [2.05, 4.69) is 19.2 Å². The molecule has 1 aliphatic heterocycles. The fraction of sp³-hybridized carbons (Fsp3) is 0.190. The zero-order valence-electron chi connectivity index (χ0n) is 14.2. The zero-order valence-corrected chi connectivity index (χ0v) is 14.2. The number of hydrogen-bond donors (Lipinski definition) is 1. The summed E-state index contributed by atoms with van der Waals surface area (Å²) in [5, 5.41) is 2.94. The Bertz CT molecular complexity index is 814. The molecule has 0 radical (unpaired) electrons. The van der Waals surface area contributed by atoms with Gasteiger partial charge in [0.2, 0.25) is 0 Å². The Balaban J connectivity index is 1.81. The number of hydrogen-bond acceptors (Lipinski definition) is 2. The molecule has 1 N–H and O–H groups in total. The number of carbonyl (C=O) groups is 1. The molecule has 0 bridgehead atoms. The molecule has 0 fully saturated rings. The van der Waals surface area contributed by atoms with Gasteiger partial charge in [0.05, 0.1) is 6.26 Å². The molecule has 122 valence electrons. The number of amides is 1. The van der Waals surface area contributed by atoms with Crippen molar-refractivity contribution in [3.8, 4) is 5.75 Å². The van der Waals surface area contributed by atoms with Gasteiger partial charge in [0.25, 0.3) is 5.91 Å². The molecule has 3 rings (SSSR count). The smallest absolute Gasteiger partial charge is 0.255 e. The minimum absolute atomic E-state index is 0.151. The van der Waals surface area contributed by atoms with Gasteiger partial charge in [-0.05, 0) is 54.8 Å². The highest BCUT2D eigenvalue weighted by Crippen LogP contribution is 2.26. The van der Waals surface area contributed by atoms with Crippen LogP contribution in [-0.4, -0.2) is 5.91 Å². The standard InChI is InChI=1S/C21H21NO2/c1-14(2)16-5-7-19(8-6-16)22-21(23)17-10-11-24-20-9-4-15(3)12-18(20)13-17/h4-14H,1-3H3,(H,22,23). The van der Waals surface area contributed by atoms with E-state index in [-0.39, 0.29) is 5.91 Å². The van der Waals surface area contributed by atoms with Gasteiger partial charge in [-0.3, -0.25) is 4.79 Å². The van der Waals surface area contributed by atoms with Gasteiger partial charge < -0.3 is 10.1 Å². The summed E-state index contributed by atoms with van der Waals surface area (Å²) in [6.07, 6.45) is 5.09. The predicted octanol–water partition coefficient (Wildman–Crippen LogP) is 5.05. The lowest BCUT2D eigenvalue weighted by Gasteiger charge is -2.09. The van der Waals surface area contributed by atoms with Crippen LogP contribution >= 0.6 is 0 Å². The molecule has 2 aromatic rings. The van der Waals surface area contributed by atoms with E-state index in [1.165, 1.54) is 5.56 Å². The summed E-state index contributed by atoms with van der Waals surface area (Å²) in [5.41, 5.74) is 4.62. The van der Waals surface area contributed by atoms with E-state index in [4.69, 9.17) is 4.74 Å². The van der Waals surface area contributed by atoms with Crippen LogP contribution in [0.15, 0.2) is 60.4 Å². The molecule has 3 heteroatoms. The average molecular weight is 319 g/mol. The average Bonchev–Trinajstić information content (AvgIpc) is 2.77. The second-order valence-electron chi connectivity index (χ2n) is 6.29. The summed E-state index contributed by atoms with van der Waals surface area (Å²) in [6.45, 7) is 6.31. The summed E-state index contributed by atoms with van der Waals surface area (Å²) in [7, 11) is 0. The Kier molecular flexibility index (Phi) is 4.52. The zero-order chi connectivity index (χ0) is 17.1. The lowest BCUT2D eigenvalue weighted by atomic mass is 10.0. The molecule has 1 heterocycles. The van der Waals surface area contributed by atoms with E-state index in [0.717, 1.165) is 22.6 Å². The van der Waals surface area contributed by atoms with Gasteiger partial charge in [-0.15, -0.1) is 0 Å². The van der Waals surface area contributed by atoms with Crippen LogP contribution < -0.4 is 10.1 Å². The van der Waals surface area contributed by atoms with Gasteiger partial charge in [-0.2, -0.15) is 0 Å². The first-order valence-corrected chi connectivity index (χ1v) is 8.10. The number of carbonyl (C=O) groups excluding carboxylic acids is 1. The third-order valence-electron chi connectivity index (χ3n) is 4.02. The maximum absolute atomic E-state index is 12.5. The molecule has 0 saturated carbocycles. The lowest BCUT2D eigenvalue weighted by Crippen LogP contribution is -2.13. The fourth-order valence-corrected chi connectivity index (χ4v) is 2.58. The Morgan fingerprint density at radius 1 is 1.08 bits per heavy atom. The van der Waals surface area contributed by atoms with E-state index < -0.39 is 0 Å². The monoisotopic (exact) mass is 319 g/mol. The Morgan fingerprint density at radius 3 is 2.54 bits per heavy atom. The van der Waals surface area contributed by atoms with Crippen LogP contribution in [-0.2, 0) is 4.79 Å². The maximum Gasteiger partial charge on any atom is 0.255 e. The number of fused-ring (bicyclic) bond motifs is 1. The van der Waals surface area contributed by atoms with Gasteiger partial charge in [-0.25, -0.2) is 0 Å². The number of rotatable bonds is 3. The number of anilines is 1. The number of benzene rings is 2. The predicted molar refractivity (Wildman–Crippen MR) is 98.1 cm³/mol.